The molecule has 2 N–H and O–H groups in total. The first-order valence-corrected chi connectivity index (χ1v) is 7.05. The molecule has 0 aromatic heterocycles. The van der Waals surface area contributed by atoms with Gasteiger partial charge in [0, 0.05) is 17.9 Å². The summed E-state index contributed by atoms with van der Waals surface area (Å²) < 4.78 is 13.3. The number of hydrogen-bond donors (Lipinski definition) is 2. The van der Waals surface area contributed by atoms with E-state index in [1.807, 2.05) is 31.2 Å². The lowest BCUT2D eigenvalue weighted by Gasteiger charge is -2.26. The Hall–Kier alpha value is -2.36. The van der Waals surface area contributed by atoms with E-state index < -0.39 is 0 Å². The predicted octanol–water partition coefficient (Wildman–Crippen LogP) is 3.67. The fourth-order valence-corrected chi connectivity index (χ4v) is 2.69. The van der Waals surface area contributed by atoms with Crippen molar-refractivity contribution in [2.45, 2.75) is 19.3 Å². The molecule has 0 saturated carbocycles. The molecule has 1 heterocycles. The normalized spacial score (nSPS) is 16.8. The van der Waals surface area contributed by atoms with Gasteiger partial charge in [-0.3, -0.25) is 4.79 Å². The Morgan fingerprint density at radius 2 is 2.10 bits per heavy atom. The minimum Gasteiger partial charge on any atom is -0.385 e. The number of fused-ring (bicyclic) bond motifs is 1. The van der Waals surface area contributed by atoms with Crippen molar-refractivity contribution in [1.82, 2.24) is 0 Å². The largest absolute Gasteiger partial charge is 0.385 e. The van der Waals surface area contributed by atoms with E-state index >= 15 is 0 Å². The molecule has 3 rings (SSSR count). The van der Waals surface area contributed by atoms with Crippen LogP contribution in [0.5, 0.6) is 0 Å². The third-order valence-corrected chi connectivity index (χ3v) is 3.86. The lowest BCUT2D eigenvalue weighted by Crippen LogP contribution is -2.27. The van der Waals surface area contributed by atoms with Crippen LogP contribution in [0.2, 0.25) is 0 Å². The third kappa shape index (κ3) is 2.75. The van der Waals surface area contributed by atoms with E-state index in [4.69, 9.17) is 0 Å². The zero-order valence-corrected chi connectivity index (χ0v) is 11.8. The van der Waals surface area contributed by atoms with Gasteiger partial charge in [0.05, 0.1) is 5.92 Å². The van der Waals surface area contributed by atoms with E-state index in [9.17, 15) is 9.18 Å². The van der Waals surface area contributed by atoms with Gasteiger partial charge in [-0.25, -0.2) is 4.39 Å². The molecule has 4 heteroatoms. The number of anilines is 2. The van der Waals surface area contributed by atoms with Gasteiger partial charge in [-0.1, -0.05) is 24.3 Å². The average Bonchev–Trinajstić information content (AvgIpc) is 2.50. The Bertz CT molecular complexity index is 684. The average molecular weight is 284 g/mol. The summed E-state index contributed by atoms with van der Waals surface area (Å²) in [5, 5.41) is 6.15. The number of para-hydroxylation sites is 1. The molecule has 3 nitrogen and oxygen atoms in total. The Kier molecular flexibility index (Phi) is 3.60. The van der Waals surface area contributed by atoms with Gasteiger partial charge in [0.2, 0.25) is 5.91 Å². The monoisotopic (exact) mass is 284 g/mol. The van der Waals surface area contributed by atoms with Crippen LogP contribution in [0.15, 0.2) is 42.5 Å². The van der Waals surface area contributed by atoms with E-state index in [-0.39, 0.29) is 17.6 Å². The van der Waals surface area contributed by atoms with E-state index in [0.29, 0.717) is 5.69 Å². The number of benzene rings is 2. The Morgan fingerprint density at radius 3 is 2.95 bits per heavy atom. The molecular weight excluding hydrogens is 267 g/mol. The maximum absolute atomic E-state index is 13.3. The first-order chi connectivity index (χ1) is 10.1. The third-order valence-electron chi connectivity index (χ3n) is 3.86. The van der Waals surface area contributed by atoms with Crippen molar-refractivity contribution < 1.29 is 9.18 Å². The van der Waals surface area contributed by atoms with Crippen molar-refractivity contribution in [2.75, 3.05) is 17.2 Å². The molecule has 0 saturated heterocycles. The van der Waals surface area contributed by atoms with E-state index in [1.165, 1.54) is 12.1 Å². The first-order valence-electron chi connectivity index (χ1n) is 7.05. The van der Waals surface area contributed by atoms with Gasteiger partial charge in [0.15, 0.2) is 0 Å². The van der Waals surface area contributed by atoms with Crippen LogP contribution in [0.1, 0.15) is 23.5 Å². The molecule has 1 aliphatic heterocycles. The van der Waals surface area contributed by atoms with Gasteiger partial charge in [0.1, 0.15) is 5.82 Å². The van der Waals surface area contributed by atoms with Crippen LogP contribution < -0.4 is 10.6 Å². The molecule has 0 bridgehead atoms. The Labute approximate surface area is 123 Å². The van der Waals surface area contributed by atoms with Crippen molar-refractivity contribution >= 4 is 17.3 Å². The molecule has 1 aliphatic rings. The summed E-state index contributed by atoms with van der Waals surface area (Å²) in [6.07, 6.45) is 0.733. The van der Waals surface area contributed by atoms with Crippen LogP contribution in [-0.2, 0) is 4.79 Å². The van der Waals surface area contributed by atoms with Gasteiger partial charge >= 0.3 is 0 Å². The van der Waals surface area contributed by atoms with Gasteiger partial charge in [0.25, 0.3) is 0 Å². The fraction of sp³-hybridized carbons (Fsp3) is 0.235. The molecule has 21 heavy (non-hydrogen) atoms. The molecule has 0 aliphatic carbocycles. The number of carbonyl (C=O) groups excluding carboxylic acids is 1. The van der Waals surface area contributed by atoms with Gasteiger partial charge in [-0.05, 0) is 42.7 Å². The predicted molar refractivity (Wildman–Crippen MR) is 82.1 cm³/mol. The number of carbonyl (C=O) groups is 1. The summed E-state index contributed by atoms with van der Waals surface area (Å²) in [6, 6.07) is 12.2. The molecule has 2 aromatic carbocycles. The zero-order chi connectivity index (χ0) is 14.8. The molecule has 0 spiro atoms. The summed E-state index contributed by atoms with van der Waals surface area (Å²) in [4.78, 5) is 12.5. The summed E-state index contributed by atoms with van der Waals surface area (Å²) in [5.74, 6) is -0.635. The van der Waals surface area contributed by atoms with E-state index in [2.05, 4.69) is 10.6 Å². The van der Waals surface area contributed by atoms with Gasteiger partial charge in [-0.2, -0.15) is 0 Å². The van der Waals surface area contributed by atoms with Gasteiger partial charge in [-0.15, -0.1) is 0 Å². The highest BCUT2D eigenvalue weighted by Gasteiger charge is 2.26. The number of amides is 1. The molecular formula is C17H17FN2O. The number of nitrogens with one attached hydrogen (secondary N) is 2. The smallest absolute Gasteiger partial charge is 0.232 e. The first kappa shape index (κ1) is 13.6. The Balaban J connectivity index is 1.85. The van der Waals surface area contributed by atoms with Crippen LogP contribution in [0.3, 0.4) is 0 Å². The lowest BCUT2D eigenvalue weighted by molar-refractivity contribution is -0.117. The summed E-state index contributed by atoms with van der Waals surface area (Å²) in [6.45, 7) is 2.61. The highest BCUT2D eigenvalue weighted by Crippen LogP contribution is 2.32. The van der Waals surface area contributed by atoms with Crippen LogP contribution in [0.4, 0.5) is 15.8 Å². The molecule has 0 fully saturated rings. The summed E-state index contributed by atoms with van der Waals surface area (Å²) >= 11 is 0. The highest BCUT2D eigenvalue weighted by atomic mass is 19.1. The van der Waals surface area contributed by atoms with Crippen LogP contribution in [-0.4, -0.2) is 12.5 Å². The van der Waals surface area contributed by atoms with Crippen molar-refractivity contribution in [2.24, 2.45) is 0 Å². The fourth-order valence-electron chi connectivity index (χ4n) is 2.69. The van der Waals surface area contributed by atoms with Crippen LogP contribution >= 0.6 is 0 Å². The molecule has 1 unspecified atom stereocenters. The second kappa shape index (κ2) is 5.56. The minimum absolute atomic E-state index is 0.0855. The maximum atomic E-state index is 13.3. The van der Waals surface area contributed by atoms with E-state index in [1.54, 1.807) is 6.07 Å². The maximum Gasteiger partial charge on any atom is 0.232 e. The van der Waals surface area contributed by atoms with E-state index in [0.717, 1.165) is 29.8 Å². The number of halogens is 1. The van der Waals surface area contributed by atoms with Crippen LogP contribution in [0.25, 0.3) is 0 Å². The molecule has 1 atom stereocenters. The molecule has 108 valence electrons. The standard InChI is InChI=1S/C17H17FN2O/c1-11-6-7-12(18)10-16(11)20-17(21)14-8-9-19-15-5-3-2-4-13(14)15/h2-7,10,14,19H,8-9H2,1H3,(H,20,21). The van der Waals surface area contributed by atoms with Crippen molar-refractivity contribution in [3.8, 4) is 0 Å². The van der Waals surface area contributed by atoms with Crippen molar-refractivity contribution in [1.29, 1.82) is 0 Å². The minimum atomic E-state index is -0.346. The lowest BCUT2D eigenvalue weighted by atomic mass is 9.90. The second-order valence-corrected chi connectivity index (χ2v) is 5.30. The number of rotatable bonds is 2. The molecule has 1 amide bonds. The topological polar surface area (TPSA) is 41.1 Å². The highest BCUT2D eigenvalue weighted by molar-refractivity contribution is 5.97. The molecule has 0 radical (unpaired) electrons. The quantitative estimate of drug-likeness (QED) is 0.883. The molecule has 2 aromatic rings. The second-order valence-electron chi connectivity index (χ2n) is 5.30. The summed E-state index contributed by atoms with van der Waals surface area (Å²) in [5.41, 5.74) is 3.39. The zero-order valence-electron chi connectivity index (χ0n) is 11.8. The van der Waals surface area contributed by atoms with Crippen LogP contribution in [0, 0.1) is 12.7 Å². The van der Waals surface area contributed by atoms with Crippen molar-refractivity contribution in [3.63, 3.8) is 0 Å². The summed E-state index contributed by atoms with van der Waals surface area (Å²) in [7, 11) is 0. The number of aryl methyl sites for hydroxylation is 1. The van der Waals surface area contributed by atoms with Gasteiger partial charge < -0.3 is 10.6 Å². The van der Waals surface area contributed by atoms with Crippen molar-refractivity contribution in [3.05, 3.63) is 59.4 Å². The SMILES string of the molecule is Cc1ccc(F)cc1NC(=O)C1CCNc2ccccc21. The Morgan fingerprint density at radius 1 is 1.29 bits per heavy atom. The number of hydrogen-bond acceptors (Lipinski definition) is 2.